The van der Waals surface area contributed by atoms with Crippen molar-refractivity contribution in [2.75, 3.05) is 7.11 Å². The van der Waals surface area contributed by atoms with Crippen molar-refractivity contribution in [1.82, 2.24) is 4.57 Å². The lowest BCUT2D eigenvalue weighted by atomic mass is 9.98. The van der Waals surface area contributed by atoms with Crippen LogP contribution < -0.4 is 10.3 Å². The number of hydrogen-bond acceptors (Lipinski definition) is 4. The summed E-state index contributed by atoms with van der Waals surface area (Å²) in [5.41, 5.74) is -1.50. The summed E-state index contributed by atoms with van der Waals surface area (Å²) in [5, 5.41) is 9.02. The molecule has 0 bridgehead atoms. The van der Waals surface area contributed by atoms with E-state index < -0.39 is 29.3 Å². The van der Waals surface area contributed by atoms with Crippen molar-refractivity contribution in [3.05, 3.63) is 86.8 Å². The van der Waals surface area contributed by atoms with Crippen LogP contribution in [0.3, 0.4) is 0 Å². The van der Waals surface area contributed by atoms with Crippen LogP contribution in [0.4, 0.5) is 13.2 Å². The number of ether oxygens (including phenoxy) is 1. The van der Waals surface area contributed by atoms with Gasteiger partial charge in [0.1, 0.15) is 5.75 Å². The molecule has 1 N–H and O–H groups in total. The minimum atomic E-state index is -4.70. The Morgan fingerprint density at radius 2 is 1.74 bits per heavy atom. The number of aromatic carboxylic acids is 1. The lowest BCUT2D eigenvalue weighted by molar-refractivity contribution is -0.137. The summed E-state index contributed by atoms with van der Waals surface area (Å²) < 4.78 is 47.0. The predicted molar refractivity (Wildman–Crippen MR) is 120 cm³/mol. The molecule has 1 heterocycles. The molecule has 0 aliphatic heterocycles. The quantitative estimate of drug-likeness (QED) is 0.485. The second-order valence-corrected chi connectivity index (χ2v) is 7.95. The van der Waals surface area contributed by atoms with Gasteiger partial charge in [-0.2, -0.15) is 13.2 Å². The van der Waals surface area contributed by atoms with E-state index in [1.165, 1.54) is 44.5 Å². The van der Waals surface area contributed by atoms with E-state index in [4.69, 9.17) is 21.4 Å². The van der Waals surface area contributed by atoms with Crippen LogP contribution in [-0.2, 0) is 17.4 Å². The Morgan fingerprint density at radius 3 is 2.29 bits per heavy atom. The third-order valence-corrected chi connectivity index (χ3v) is 5.54. The molecule has 3 rings (SSSR count). The van der Waals surface area contributed by atoms with Gasteiger partial charge in [0.2, 0.25) is 0 Å². The number of benzene rings is 2. The van der Waals surface area contributed by atoms with Crippen LogP contribution in [0.5, 0.6) is 5.75 Å². The molecule has 1 aromatic heterocycles. The molecule has 0 saturated heterocycles. The zero-order chi connectivity index (χ0) is 25.2. The molecule has 178 valence electrons. The molecule has 2 aromatic carbocycles. The molecular weight excluding hydrogens is 475 g/mol. The molecule has 10 heteroatoms. The van der Waals surface area contributed by atoms with Crippen molar-refractivity contribution in [3.8, 4) is 16.9 Å². The SMILES string of the molecule is COc1cn(C(C)C(=O)Cc2ccc(C(=O)O)cc2)c(=O)cc1-c1cc(Cl)ccc1C(F)(F)F. The molecule has 0 amide bonds. The minimum absolute atomic E-state index is 0.0437. The first kappa shape index (κ1) is 25.0. The van der Waals surface area contributed by atoms with Gasteiger partial charge in [-0.15, -0.1) is 0 Å². The standard InChI is InChI=1S/C24H19ClF3NO5/c1-13(20(30)9-14-3-5-15(6-4-14)23(32)33)29-12-21(34-2)18(11-22(29)31)17-10-16(25)7-8-19(17)24(26,27)28/h3-8,10-13H,9H2,1-2H3,(H,32,33). The number of carbonyl (C=O) groups excluding carboxylic acids is 1. The van der Waals surface area contributed by atoms with Crippen LogP contribution in [0.1, 0.15) is 34.5 Å². The number of methoxy groups -OCH3 is 1. The van der Waals surface area contributed by atoms with E-state index in [-0.39, 0.29) is 39.7 Å². The Labute approximate surface area is 197 Å². The number of alkyl halides is 3. The summed E-state index contributed by atoms with van der Waals surface area (Å²) in [6.07, 6.45) is -3.59. The van der Waals surface area contributed by atoms with Crippen LogP contribution in [0.25, 0.3) is 11.1 Å². The molecule has 0 fully saturated rings. The Bertz CT molecular complexity index is 1300. The van der Waals surface area contributed by atoms with Gasteiger partial charge in [-0.05, 0) is 48.4 Å². The number of carboxylic acid groups (broad SMARTS) is 1. The highest BCUT2D eigenvalue weighted by molar-refractivity contribution is 6.30. The zero-order valence-corrected chi connectivity index (χ0v) is 18.8. The van der Waals surface area contributed by atoms with E-state index in [1.54, 1.807) is 0 Å². The van der Waals surface area contributed by atoms with Crippen molar-refractivity contribution in [3.63, 3.8) is 0 Å². The monoisotopic (exact) mass is 493 g/mol. The van der Waals surface area contributed by atoms with Gasteiger partial charge in [-0.1, -0.05) is 23.7 Å². The summed E-state index contributed by atoms with van der Waals surface area (Å²) in [4.78, 5) is 36.6. The van der Waals surface area contributed by atoms with Gasteiger partial charge in [-0.25, -0.2) is 4.79 Å². The first-order valence-electron chi connectivity index (χ1n) is 9.94. The molecule has 34 heavy (non-hydrogen) atoms. The molecule has 6 nitrogen and oxygen atoms in total. The maximum atomic E-state index is 13.5. The van der Waals surface area contributed by atoms with Crippen molar-refractivity contribution in [2.45, 2.75) is 25.6 Å². The molecule has 0 radical (unpaired) electrons. The first-order chi connectivity index (χ1) is 15.9. The van der Waals surface area contributed by atoms with Gasteiger partial charge in [-0.3, -0.25) is 9.59 Å². The second kappa shape index (κ2) is 9.72. The van der Waals surface area contributed by atoms with Crippen molar-refractivity contribution < 1.29 is 32.6 Å². The van der Waals surface area contributed by atoms with Crippen LogP contribution in [0.2, 0.25) is 5.02 Å². The third-order valence-electron chi connectivity index (χ3n) is 5.30. The second-order valence-electron chi connectivity index (χ2n) is 7.51. The largest absolute Gasteiger partial charge is 0.495 e. The highest BCUT2D eigenvalue weighted by atomic mass is 35.5. The number of rotatable bonds is 7. The normalized spacial score (nSPS) is 12.3. The summed E-state index contributed by atoms with van der Waals surface area (Å²) in [7, 11) is 1.24. The Morgan fingerprint density at radius 1 is 1.09 bits per heavy atom. The molecule has 0 aliphatic carbocycles. The Hall–Kier alpha value is -3.59. The molecule has 3 aromatic rings. The lowest BCUT2D eigenvalue weighted by Crippen LogP contribution is -2.28. The Kier molecular flexibility index (Phi) is 7.16. The number of carboxylic acids is 1. The maximum absolute atomic E-state index is 13.5. The average molecular weight is 494 g/mol. The number of pyridine rings is 1. The number of hydrogen-bond donors (Lipinski definition) is 1. The smallest absolute Gasteiger partial charge is 0.417 e. The fraction of sp³-hybridized carbons (Fsp3) is 0.208. The number of ketones is 1. The number of carbonyl (C=O) groups is 2. The molecule has 0 saturated carbocycles. The van der Waals surface area contributed by atoms with Crippen LogP contribution in [0, 0.1) is 0 Å². The maximum Gasteiger partial charge on any atom is 0.417 e. The average Bonchev–Trinajstić information content (AvgIpc) is 2.77. The summed E-state index contributed by atoms with van der Waals surface area (Å²) in [6.45, 7) is 1.48. The number of aromatic nitrogens is 1. The van der Waals surface area contributed by atoms with E-state index >= 15 is 0 Å². The number of Topliss-reactive ketones (excluding diaryl/α,β-unsaturated/α-hetero) is 1. The third kappa shape index (κ3) is 5.31. The van der Waals surface area contributed by atoms with Gasteiger partial charge in [0, 0.05) is 23.1 Å². The van der Waals surface area contributed by atoms with Crippen LogP contribution in [-0.4, -0.2) is 28.5 Å². The van der Waals surface area contributed by atoms with Gasteiger partial charge in [0.15, 0.2) is 5.78 Å². The molecule has 0 aliphatic rings. The molecular formula is C24H19ClF3NO5. The predicted octanol–water partition coefficient (Wildman–Crippen LogP) is 5.27. The van der Waals surface area contributed by atoms with Gasteiger partial charge >= 0.3 is 12.1 Å². The van der Waals surface area contributed by atoms with Gasteiger partial charge < -0.3 is 14.4 Å². The topological polar surface area (TPSA) is 85.6 Å². The zero-order valence-electron chi connectivity index (χ0n) is 18.0. The summed E-state index contributed by atoms with van der Waals surface area (Å²) >= 11 is 5.91. The van der Waals surface area contributed by atoms with Gasteiger partial charge in [0.05, 0.1) is 30.5 Å². The highest BCUT2D eigenvalue weighted by Crippen LogP contribution is 2.41. The molecule has 0 spiro atoms. The van der Waals surface area contributed by atoms with E-state index in [1.807, 2.05) is 0 Å². The van der Waals surface area contributed by atoms with E-state index in [9.17, 15) is 27.6 Å². The highest BCUT2D eigenvalue weighted by Gasteiger charge is 2.34. The molecule has 1 unspecified atom stereocenters. The van der Waals surface area contributed by atoms with E-state index in [0.717, 1.165) is 28.8 Å². The van der Waals surface area contributed by atoms with Crippen molar-refractivity contribution >= 4 is 23.4 Å². The lowest BCUT2D eigenvalue weighted by Gasteiger charge is -2.19. The van der Waals surface area contributed by atoms with Crippen molar-refractivity contribution in [2.24, 2.45) is 0 Å². The molecule has 1 atom stereocenters. The fourth-order valence-corrected chi connectivity index (χ4v) is 3.63. The van der Waals surface area contributed by atoms with Gasteiger partial charge in [0.25, 0.3) is 5.56 Å². The fourth-order valence-electron chi connectivity index (χ4n) is 3.46. The van der Waals surface area contributed by atoms with Crippen molar-refractivity contribution in [1.29, 1.82) is 0 Å². The van der Waals surface area contributed by atoms with Crippen LogP contribution in [0.15, 0.2) is 59.5 Å². The van der Waals surface area contributed by atoms with E-state index in [2.05, 4.69) is 0 Å². The first-order valence-corrected chi connectivity index (χ1v) is 10.3. The van der Waals surface area contributed by atoms with Crippen LogP contribution >= 0.6 is 11.6 Å². The number of halogens is 4. The van der Waals surface area contributed by atoms with E-state index in [0.29, 0.717) is 5.56 Å². The summed E-state index contributed by atoms with van der Waals surface area (Å²) in [5.74, 6) is -1.50. The minimum Gasteiger partial charge on any atom is -0.495 e. The summed E-state index contributed by atoms with van der Waals surface area (Å²) in [6, 6.07) is 8.76. The number of nitrogens with zero attached hydrogens (tertiary/aromatic N) is 1. The Balaban J connectivity index is 1.98.